The number of likely N-dealkylation sites (tertiary alicyclic amines) is 1. The molecule has 1 fully saturated rings. The third kappa shape index (κ3) is 1.87. The van der Waals surface area contributed by atoms with Crippen molar-refractivity contribution >= 4 is 5.95 Å². The molecule has 18 heavy (non-hydrogen) atoms. The van der Waals surface area contributed by atoms with E-state index in [-0.39, 0.29) is 0 Å². The lowest BCUT2D eigenvalue weighted by atomic mass is 9.93. The van der Waals surface area contributed by atoms with Crippen molar-refractivity contribution in [1.29, 1.82) is 5.26 Å². The lowest BCUT2D eigenvalue weighted by Gasteiger charge is -2.28. The minimum Gasteiger partial charge on any atom is -0.356 e. The first-order valence-corrected chi connectivity index (χ1v) is 6.72. The van der Waals surface area contributed by atoms with Gasteiger partial charge in [-0.25, -0.2) is 4.98 Å². The van der Waals surface area contributed by atoms with Gasteiger partial charge in [-0.05, 0) is 39.4 Å². The molecule has 1 saturated heterocycles. The van der Waals surface area contributed by atoms with Crippen LogP contribution in [0, 0.1) is 11.3 Å². The van der Waals surface area contributed by atoms with Crippen molar-refractivity contribution in [2.75, 3.05) is 32.0 Å². The van der Waals surface area contributed by atoms with Crippen molar-refractivity contribution in [3.63, 3.8) is 0 Å². The molecule has 0 amide bonds. The van der Waals surface area contributed by atoms with Crippen LogP contribution in [0.1, 0.15) is 36.6 Å². The Bertz CT molecular complexity index is 476. The standard InChI is InChI=1S/C13H19N5/c1-17-7-3-10(4-8-17)12-11(9-14)18-6-2-5-15-13(18)16-12/h10H,2-8H2,1H3,(H,15,16). The summed E-state index contributed by atoms with van der Waals surface area (Å²) in [7, 11) is 2.15. The highest BCUT2D eigenvalue weighted by Gasteiger charge is 2.27. The van der Waals surface area contributed by atoms with Gasteiger partial charge in [-0.2, -0.15) is 5.26 Å². The summed E-state index contributed by atoms with van der Waals surface area (Å²) in [5.74, 6) is 1.35. The van der Waals surface area contributed by atoms with Gasteiger partial charge in [0.25, 0.3) is 0 Å². The number of piperidine rings is 1. The zero-order valence-corrected chi connectivity index (χ0v) is 10.8. The second-order valence-corrected chi connectivity index (χ2v) is 5.29. The van der Waals surface area contributed by atoms with E-state index in [2.05, 4.69) is 32.9 Å². The first-order valence-electron chi connectivity index (χ1n) is 6.72. The maximum absolute atomic E-state index is 9.40. The minimum atomic E-state index is 0.454. The maximum Gasteiger partial charge on any atom is 0.204 e. The average Bonchev–Trinajstić information content (AvgIpc) is 2.78. The number of imidazole rings is 1. The molecular weight excluding hydrogens is 226 g/mol. The summed E-state index contributed by atoms with van der Waals surface area (Å²) in [6.45, 7) is 4.09. The van der Waals surface area contributed by atoms with Crippen molar-refractivity contribution in [1.82, 2.24) is 14.5 Å². The van der Waals surface area contributed by atoms with Crippen molar-refractivity contribution in [3.05, 3.63) is 11.4 Å². The number of hydrogen-bond donors (Lipinski definition) is 1. The Morgan fingerprint density at radius 1 is 1.33 bits per heavy atom. The van der Waals surface area contributed by atoms with Crippen molar-refractivity contribution < 1.29 is 0 Å². The molecule has 0 radical (unpaired) electrons. The Labute approximate surface area is 107 Å². The van der Waals surface area contributed by atoms with Gasteiger partial charge < -0.3 is 14.8 Å². The van der Waals surface area contributed by atoms with Crippen molar-refractivity contribution in [2.45, 2.75) is 31.7 Å². The Kier molecular flexibility index (Phi) is 2.96. The molecule has 96 valence electrons. The first kappa shape index (κ1) is 11.5. The molecule has 3 heterocycles. The van der Waals surface area contributed by atoms with Crippen LogP contribution in [0.2, 0.25) is 0 Å². The van der Waals surface area contributed by atoms with E-state index < -0.39 is 0 Å². The van der Waals surface area contributed by atoms with Crippen LogP contribution in [-0.2, 0) is 6.54 Å². The van der Waals surface area contributed by atoms with Crippen LogP contribution in [0.3, 0.4) is 0 Å². The van der Waals surface area contributed by atoms with Crippen molar-refractivity contribution in [2.24, 2.45) is 0 Å². The molecular formula is C13H19N5. The van der Waals surface area contributed by atoms with Crippen LogP contribution >= 0.6 is 0 Å². The summed E-state index contributed by atoms with van der Waals surface area (Å²) in [5, 5.41) is 12.7. The molecule has 3 rings (SSSR count). The van der Waals surface area contributed by atoms with E-state index in [0.29, 0.717) is 5.92 Å². The molecule has 0 unspecified atom stereocenters. The highest BCUT2D eigenvalue weighted by atomic mass is 15.2. The molecule has 1 N–H and O–H groups in total. The molecule has 0 atom stereocenters. The van der Waals surface area contributed by atoms with Gasteiger partial charge in [0, 0.05) is 19.0 Å². The van der Waals surface area contributed by atoms with Crippen LogP contribution in [0.25, 0.3) is 0 Å². The number of anilines is 1. The average molecular weight is 245 g/mol. The Morgan fingerprint density at radius 2 is 2.11 bits per heavy atom. The normalized spacial score (nSPS) is 21.1. The molecule has 0 saturated carbocycles. The number of rotatable bonds is 1. The second-order valence-electron chi connectivity index (χ2n) is 5.29. The Balaban J connectivity index is 1.92. The van der Waals surface area contributed by atoms with Gasteiger partial charge in [-0.15, -0.1) is 0 Å². The fourth-order valence-corrected chi connectivity index (χ4v) is 2.95. The molecule has 1 aromatic rings. The highest BCUT2D eigenvalue weighted by Crippen LogP contribution is 2.31. The van der Waals surface area contributed by atoms with Crippen LogP contribution in [0.15, 0.2) is 0 Å². The fraction of sp³-hybridized carbons (Fsp3) is 0.692. The monoisotopic (exact) mass is 245 g/mol. The maximum atomic E-state index is 9.40. The second kappa shape index (κ2) is 4.62. The predicted octanol–water partition coefficient (Wildman–Crippen LogP) is 1.38. The third-order valence-electron chi connectivity index (χ3n) is 4.05. The largest absolute Gasteiger partial charge is 0.356 e. The summed E-state index contributed by atoms with van der Waals surface area (Å²) in [6.07, 6.45) is 3.30. The Hall–Kier alpha value is -1.54. The first-order chi connectivity index (χ1) is 8.79. The number of hydrogen-bond acceptors (Lipinski definition) is 4. The summed E-state index contributed by atoms with van der Waals surface area (Å²) in [5.41, 5.74) is 1.81. The summed E-state index contributed by atoms with van der Waals surface area (Å²) in [4.78, 5) is 7.03. The van der Waals surface area contributed by atoms with E-state index in [1.807, 2.05) is 0 Å². The third-order valence-corrected chi connectivity index (χ3v) is 4.05. The van der Waals surface area contributed by atoms with Gasteiger partial charge in [-0.3, -0.25) is 0 Å². The van der Waals surface area contributed by atoms with Crippen molar-refractivity contribution in [3.8, 4) is 6.07 Å². The molecule has 5 nitrogen and oxygen atoms in total. The molecule has 2 aliphatic rings. The van der Waals surface area contributed by atoms with Gasteiger partial charge in [0.05, 0.1) is 5.69 Å². The van der Waals surface area contributed by atoms with Gasteiger partial charge in [0.2, 0.25) is 5.95 Å². The van der Waals surface area contributed by atoms with E-state index in [1.54, 1.807) is 0 Å². The minimum absolute atomic E-state index is 0.454. The number of fused-ring (bicyclic) bond motifs is 1. The smallest absolute Gasteiger partial charge is 0.204 e. The number of nitriles is 1. The molecule has 0 spiro atoms. The fourth-order valence-electron chi connectivity index (χ4n) is 2.95. The van der Waals surface area contributed by atoms with E-state index in [0.717, 1.165) is 62.8 Å². The summed E-state index contributed by atoms with van der Waals surface area (Å²) in [6, 6.07) is 2.36. The lowest BCUT2D eigenvalue weighted by molar-refractivity contribution is 0.253. The molecule has 0 bridgehead atoms. The van der Waals surface area contributed by atoms with Gasteiger partial charge >= 0.3 is 0 Å². The Morgan fingerprint density at radius 3 is 2.83 bits per heavy atom. The topological polar surface area (TPSA) is 56.9 Å². The zero-order chi connectivity index (χ0) is 12.5. The SMILES string of the molecule is CN1CCC(c2nc3n(c2C#N)CCCN3)CC1. The van der Waals surface area contributed by atoms with Crippen LogP contribution in [0.5, 0.6) is 0 Å². The lowest BCUT2D eigenvalue weighted by Crippen LogP contribution is -2.29. The van der Waals surface area contributed by atoms with Gasteiger partial charge in [0.1, 0.15) is 11.8 Å². The molecule has 2 aliphatic heterocycles. The van der Waals surface area contributed by atoms with E-state index in [1.165, 1.54) is 0 Å². The molecule has 1 aromatic heterocycles. The quantitative estimate of drug-likeness (QED) is 0.812. The van der Waals surface area contributed by atoms with Gasteiger partial charge in [-0.1, -0.05) is 0 Å². The summed E-state index contributed by atoms with van der Waals surface area (Å²) < 4.78 is 2.05. The number of aromatic nitrogens is 2. The molecule has 0 aromatic carbocycles. The van der Waals surface area contributed by atoms with Crippen LogP contribution < -0.4 is 5.32 Å². The van der Waals surface area contributed by atoms with Gasteiger partial charge in [0.15, 0.2) is 0 Å². The summed E-state index contributed by atoms with van der Waals surface area (Å²) >= 11 is 0. The van der Waals surface area contributed by atoms with E-state index in [4.69, 9.17) is 0 Å². The van der Waals surface area contributed by atoms with Crippen LogP contribution in [0.4, 0.5) is 5.95 Å². The predicted molar refractivity (Wildman–Crippen MR) is 69.5 cm³/mol. The number of nitrogens with zero attached hydrogens (tertiary/aromatic N) is 4. The molecule has 0 aliphatic carbocycles. The van der Waals surface area contributed by atoms with E-state index in [9.17, 15) is 5.26 Å². The van der Waals surface area contributed by atoms with E-state index >= 15 is 0 Å². The number of nitrogens with one attached hydrogen (secondary N) is 1. The highest BCUT2D eigenvalue weighted by molar-refractivity contribution is 5.43. The zero-order valence-electron chi connectivity index (χ0n) is 10.8. The molecule has 5 heteroatoms. The van der Waals surface area contributed by atoms with Crippen LogP contribution in [-0.4, -0.2) is 41.1 Å².